The van der Waals surface area contributed by atoms with E-state index >= 15 is 0 Å². The Morgan fingerprint density at radius 1 is 1.09 bits per heavy atom. The summed E-state index contributed by atoms with van der Waals surface area (Å²) in [7, 11) is -3.75. The van der Waals surface area contributed by atoms with Gasteiger partial charge < -0.3 is 10.2 Å². The minimum Gasteiger partial charge on any atom is -0.352 e. The molecule has 0 spiro atoms. The van der Waals surface area contributed by atoms with Crippen LogP contribution in [-0.2, 0) is 26.2 Å². The molecule has 2 rings (SSSR count). The van der Waals surface area contributed by atoms with E-state index < -0.39 is 28.5 Å². The molecular weight excluding hydrogens is 462 g/mol. The van der Waals surface area contributed by atoms with Gasteiger partial charge in [-0.25, -0.2) is 8.42 Å². The lowest BCUT2D eigenvalue weighted by molar-refractivity contribution is -0.139. The first-order valence-electron chi connectivity index (χ1n) is 10.8. The summed E-state index contributed by atoms with van der Waals surface area (Å²) in [6, 6.07) is 13.1. The summed E-state index contributed by atoms with van der Waals surface area (Å²) in [6.07, 6.45) is 1.80. The molecule has 0 heterocycles. The van der Waals surface area contributed by atoms with Crippen molar-refractivity contribution < 1.29 is 18.0 Å². The predicted octanol–water partition coefficient (Wildman–Crippen LogP) is 3.75. The van der Waals surface area contributed by atoms with Gasteiger partial charge in [-0.15, -0.1) is 0 Å². The number of aryl methyl sites for hydroxylation is 1. The number of rotatable bonds is 10. The van der Waals surface area contributed by atoms with Gasteiger partial charge >= 0.3 is 0 Å². The number of hydrogen-bond acceptors (Lipinski definition) is 4. The highest BCUT2D eigenvalue weighted by Gasteiger charge is 2.30. The van der Waals surface area contributed by atoms with Crippen LogP contribution in [0, 0.1) is 6.92 Å². The minimum atomic E-state index is -3.75. The fourth-order valence-electron chi connectivity index (χ4n) is 3.26. The van der Waals surface area contributed by atoms with Crippen LogP contribution in [0.25, 0.3) is 0 Å². The van der Waals surface area contributed by atoms with E-state index in [0.29, 0.717) is 16.3 Å². The Labute approximate surface area is 201 Å². The SMILES string of the molecule is CC[C@H](C)NC(=O)[C@@H](C)N(Cc1ccccc1Cl)C(=O)CN(c1cccc(C)c1)S(C)(=O)=O. The molecule has 0 aliphatic heterocycles. The fraction of sp³-hybridized carbons (Fsp3) is 0.417. The van der Waals surface area contributed by atoms with Gasteiger partial charge in [-0.3, -0.25) is 13.9 Å². The monoisotopic (exact) mass is 493 g/mol. The molecule has 2 atom stereocenters. The van der Waals surface area contributed by atoms with Crippen LogP contribution >= 0.6 is 11.6 Å². The third kappa shape index (κ3) is 7.47. The molecule has 0 aliphatic rings. The van der Waals surface area contributed by atoms with E-state index in [1.807, 2.05) is 26.8 Å². The largest absolute Gasteiger partial charge is 0.352 e. The molecule has 9 heteroatoms. The molecule has 0 radical (unpaired) electrons. The minimum absolute atomic E-state index is 0.0583. The van der Waals surface area contributed by atoms with Gasteiger partial charge in [0.05, 0.1) is 11.9 Å². The van der Waals surface area contributed by atoms with E-state index in [9.17, 15) is 18.0 Å². The number of sulfonamides is 1. The Bertz CT molecular complexity index is 1090. The Morgan fingerprint density at radius 2 is 1.76 bits per heavy atom. The van der Waals surface area contributed by atoms with Crippen LogP contribution in [0.5, 0.6) is 0 Å². The lowest BCUT2D eigenvalue weighted by Gasteiger charge is -2.32. The van der Waals surface area contributed by atoms with Crippen LogP contribution in [0.15, 0.2) is 48.5 Å². The molecule has 2 aromatic carbocycles. The molecule has 33 heavy (non-hydrogen) atoms. The molecule has 0 saturated heterocycles. The lowest BCUT2D eigenvalue weighted by Crippen LogP contribution is -2.52. The predicted molar refractivity (Wildman–Crippen MR) is 133 cm³/mol. The summed E-state index contributed by atoms with van der Waals surface area (Å²) in [5.74, 6) is -0.820. The van der Waals surface area contributed by atoms with Crippen molar-refractivity contribution in [2.75, 3.05) is 17.1 Å². The van der Waals surface area contributed by atoms with Gasteiger partial charge in [0.15, 0.2) is 0 Å². The molecule has 0 aliphatic carbocycles. The molecule has 0 saturated carbocycles. The first kappa shape index (κ1) is 26.7. The van der Waals surface area contributed by atoms with Gasteiger partial charge in [0.25, 0.3) is 0 Å². The second-order valence-corrected chi connectivity index (χ2v) is 10.5. The molecule has 0 bridgehead atoms. The average molecular weight is 494 g/mol. The van der Waals surface area contributed by atoms with E-state index in [1.165, 1.54) is 4.90 Å². The Morgan fingerprint density at radius 3 is 2.33 bits per heavy atom. The van der Waals surface area contributed by atoms with Crippen LogP contribution in [-0.4, -0.2) is 50.0 Å². The summed E-state index contributed by atoms with van der Waals surface area (Å²) in [6.45, 7) is 6.94. The molecule has 2 amide bonds. The lowest BCUT2D eigenvalue weighted by atomic mass is 10.1. The maximum Gasteiger partial charge on any atom is 0.244 e. The zero-order chi connectivity index (χ0) is 24.8. The quantitative estimate of drug-likeness (QED) is 0.546. The highest BCUT2D eigenvalue weighted by molar-refractivity contribution is 7.92. The van der Waals surface area contributed by atoms with E-state index in [4.69, 9.17) is 11.6 Å². The van der Waals surface area contributed by atoms with Crippen LogP contribution in [0.3, 0.4) is 0 Å². The van der Waals surface area contributed by atoms with E-state index in [-0.39, 0.29) is 18.5 Å². The third-order valence-corrected chi connectivity index (χ3v) is 6.95. The van der Waals surface area contributed by atoms with Gasteiger partial charge in [0.1, 0.15) is 12.6 Å². The average Bonchev–Trinajstić information content (AvgIpc) is 2.75. The Balaban J connectivity index is 2.40. The zero-order valence-corrected chi connectivity index (χ0v) is 21.3. The molecule has 0 aromatic heterocycles. The Kier molecular flexibility index (Phi) is 9.31. The first-order valence-corrected chi connectivity index (χ1v) is 13.0. The maximum atomic E-state index is 13.5. The van der Waals surface area contributed by atoms with Crippen LogP contribution in [0.2, 0.25) is 5.02 Å². The second-order valence-electron chi connectivity index (χ2n) is 8.22. The van der Waals surface area contributed by atoms with Crippen molar-refractivity contribution in [3.8, 4) is 0 Å². The standard InChI is InChI=1S/C24H32ClN3O4S/c1-6-18(3)26-24(30)19(4)27(15-20-11-7-8-13-22(20)25)23(29)16-28(33(5,31)32)21-12-9-10-17(2)14-21/h7-14,18-19H,6,15-16H2,1-5H3,(H,26,30)/t18-,19+/m0/s1. The normalized spacial score (nSPS) is 13.2. The third-order valence-electron chi connectivity index (χ3n) is 5.44. The first-order chi connectivity index (χ1) is 15.4. The van der Waals surface area contributed by atoms with Crippen molar-refractivity contribution in [3.63, 3.8) is 0 Å². The summed E-state index contributed by atoms with van der Waals surface area (Å²) in [5, 5.41) is 3.35. The number of amides is 2. The second kappa shape index (κ2) is 11.5. The van der Waals surface area contributed by atoms with Gasteiger partial charge in [-0.05, 0) is 56.5 Å². The van der Waals surface area contributed by atoms with Crippen LogP contribution in [0.1, 0.15) is 38.3 Å². The van der Waals surface area contributed by atoms with Crippen molar-refractivity contribution in [2.45, 2.75) is 52.7 Å². The van der Waals surface area contributed by atoms with E-state index in [0.717, 1.165) is 22.5 Å². The van der Waals surface area contributed by atoms with Crippen molar-refractivity contribution in [1.29, 1.82) is 0 Å². The number of nitrogens with one attached hydrogen (secondary N) is 1. The molecular formula is C24H32ClN3O4S. The van der Waals surface area contributed by atoms with E-state index in [1.54, 1.807) is 49.4 Å². The van der Waals surface area contributed by atoms with Crippen molar-refractivity contribution in [1.82, 2.24) is 10.2 Å². The number of anilines is 1. The van der Waals surface area contributed by atoms with Gasteiger partial charge in [0.2, 0.25) is 21.8 Å². The molecule has 180 valence electrons. The van der Waals surface area contributed by atoms with Crippen molar-refractivity contribution in [2.24, 2.45) is 0 Å². The summed E-state index contributed by atoms with van der Waals surface area (Å²) in [4.78, 5) is 27.7. The smallest absolute Gasteiger partial charge is 0.244 e. The molecule has 7 nitrogen and oxygen atoms in total. The highest BCUT2D eigenvalue weighted by Crippen LogP contribution is 2.22. The molecule has 0 fully saturated rings. The number of hydrogen-bond donors (Lipinski definition) is 1. The molecule has 1 N–H and O–H groups in total. The van der Waals surface area contributed by atoms with Crippen molar-refractivity contribution in [3.05, 3.63) is 64.7 Å². The summed E-state index contributed by atoms with van der Waals surface area (Å²) < 4.78 is 26.2. The number of halogens is 1. The highest BCUT2D eigenvalue weighted by atomic mass is 35.5. The van der Waals surface area contributed by atoms with Crippen LogP contribution < -0.4 is 9.62 Å². The maximum absolute atomic E-state index is 13.5. The molecule has 2 aromatic rings. The zero-order valence-electron chi connectivity index (χ0n) is 19.7. The Hall–Kier alpha value is -2.58. The van der Waals surface area contributed by atoms with Crippen LogP contribution in [0.4, 0.5) is 5.69 Å². The summed E-state index contributed by atoms with van der Waals surface area (Å²) >= 11 is 6.31. The number of carbonyl (C=O) groups excluding carboxylic acids is 2. The number of nitrogens with zero attached hydrogens (tertiary/aromatic N) is 2. The topological polar surface area (TPSA) is 86.8 Å². The van der Waals surface area contributed by atoms with Gasteiger partial charge in [0, 0.05) is 17.6 Å². The van der Waals surface area contributed by atoms with Crippen molar-refractivity contribution >= 4 is 39.1 Å². The van der Waals surface area contributed by atoms with Gasteiger partial charge in [-0.1, -0.05) is 48.9 Å². The number of carbonyl (C=O) groups is 2. The van der Waals surface area contributed by atoms with E-state index in [2.05, 4.69) is 5.32 Å². The summed E-state index contributed by atoms with van der Waals surface area (Å²) in [5.41, 5.74) is 1.92. The molecule has 0 unspecified atom stereocenters. The van der Waals surface area contributed by atoms with Gasteiger partial charge in [-0.2, -0.15) is 0 Å². The number of benzene rings is 2. The fourth-order valence-corrected chi connectivity index (χ4v) is 4.29.